The molecule has 26 heavy (non-hydrogen) atoms. The van der Waals surface area contributed by atoms with Gasteiger partial charge in [0.2, 0.25) is 0 Å². The number of hydrogen-bond donors (Lipinski definition) is 1. The zero-order chi connectivity index (χ0) is 17.8. The molecule has 0 radical (unpaired) electrons. The van der Waals surface area contributed by atoms with Gasteiger partial charge in [0.25, 0.3) is 5.91 Å². The fourth-order valence-corrected chi connectivity index (χ4v) is 2.86. The van der Waals surface area contributed by atoms with E-state index in [1.54, 1.807) is 23.3 Å². The van der Waals surface area contributed by atoms with Gasteiger partial charge >= 0.3 is 0 Å². The van der Waals surface area contributed by atoms with E-state index < -0.39 is 0 Å². The Hall–Kier alpha value is -3.54. The highest BCUT2D eigenvalue weighted by Crippen LogP contribution is 2.19. The highest BCUT2D eigenvalue weighted by Gasteiger charge is 2.11. The molecule has 128 valence electrons. The van der Waals surface area contributed by atoms with Crippen LogP contribution >= 0.6 is 0 Å². The molecule has 2 heterocycles. The van der Waals surface area contributed by atoms with Crippen molar-refractivity contribution in [3.05, 3.63) is 90.0 Å². The van der Waals surface area contributed by atoms with E-state index in [2.05, 4.69) is 44.9 Å². The third kappa shape index (κ3) is 3.44. The second kappa shape index (κ2) is 7.14. The van der Waals surface area contributed by atoms with Gasteiger partial charge in [0.15, 0.2) is 5.69 Å². The van der Waals surface area contributed by atoms with Crippen LogP contribution in [0.5, 0.6) is 0 Å². The van der Waals surface area contributed by atoms with Crippen LogP contribution in [0.3, 0.4) is 0 Å². The molecule has 2 aromatic carbocycles. The minimum atomic E-state index is -0.252. The van der Waals surface area contributed by atoms with E-state index in [0.717, 1.165) is 11.1 Å². The Morgan fingerprint density at radius 1 is 1.04 bits per heavy atom. The van der Waals surface area contributed by atoms with Crippen molar-refractivity contribution in [3.63, 3.8) is 0 Å². The predicted octanol–water partition coefficient (Wildman–Crippen LogP) is 2.80. The molecule has 0 saturated heterocycles. The molecule has 0 aliphatic heterocycles. The largest absolute Gasteiger partial charge is 0.346 e. The minimum Gasteiger partial charge on any atom is -0.346 e. The highest BCUT2D eigenvalue weighted by molar-refractivity contribution is 5.91. The van der Waals surface area contributed by atoms with Gasteiger partial charge < -0.3 is 5.32 Å². The zero-order valence-electron chi connectivity index (χ0n) is 14.0. The van der Waals surface area contributed by atoms with Crippen LogP contribution in [0.25, 0.3) is 10.8 Å². The maximum Gasteiger partial charge on any atom is 0.273 e. The van der Waals surface area contributed by atoms with Crippen molar-refractivity contribution in [2.24, 2.45) is 0 Å². The highest BCUT2D eigenvalue weighted by atomic mass is 16.2. The molecule has 2 aromatic heterocycles. The first-order chi connectivity index (χ1) is 12.8. The molecule has 0 bridgehead atoms. The molecule has 0 unspecified atom stereocenters. The Bertz CT molecular complexity index is 1040. The number of pyridine rings is 1. The summed E-state index contributed by atoms with van der Waals surface area (Å²) < 4.78 is 1.68. The summed E-state index contributed by atoms with van der Waals surface area (Å²) in [6.07, 6.45) is 5.09. The van der Waals surface area contributed by atoms with Crippen molar-refractivity contribution in [3.8, 4) is 0 Å². The van der Waals surface area contributed by atoms with Gasteiger partial charge in [-0.1, -0.05) is 53.7 Å². The van der Waals surface area contributed by atoms with Gasteiger partial charge in [-0.2, -0.15) is 0 Å². The van der Waals surface area contributed by atoms with E-state index in [-0.39, 0.29) is 5.91 Å². The van der Waals surface area contributed by atoms with Gasteiger partial charge in [0.05, 0.1) is 12.7 Å². The van der Waals surface area contributed by atoms with Gasteiger partial charge in [0.1, 0.15) is 0 Å². The van der Waals surface area contributed by atoms with Crippen molar-refractivity contribution in [2.75, 3.05) is 0 Å². The zero-order valence-corrected chi connectivity index (χ0v) is 14.0. The van der Waals surface area contributed by atoms with Crippen LogP contribution in [0, 0.1) is 0 Å². The lowest BCUT2D eigenvalue weighted by Crippen LogP contribution is -2.23. The SMILES string of the molecule is O=C(NCc1cccnc1)c1cn(Cc2cccc3ccccc23)nn1. The summed E-state index contributed by atoms with van der Waals surface area (Å²) in [6.45, 7) is 0.965. The summed E-state index contributed by atoms with van der Waals surface area (Å²) in [5, 5.41) is 13.3. The Balaban J connectivity index is 1.46. The van der Waals surface area contributed by atoms with Gasteiger partial charge in [-0.15, -0.1) is 5.10 Å². The lowest BCUT2D eigenvalue weighted by atomic mass is 10.0. The molecule has 0 atom stereocenters. The third-order valence-electron chi connectivity index (χ3n) is 4.16. The predicted molar refractivity (Wildman–Crippen MR) is 98.5 cm³/mol. The molecule has 1 amide bonds. The molecule has 0 aliphatic carbocycles. The van der Waals surface area contributed by atoms with E-state index in [1.807, 2.05) is 30.3 Å². The second-order valence-electron chi connectivity index (χ2n) is 5.98. The van der Waals surface area contributed by atoms with Crippen molar-refractivity contribution in [1.29, 1.82) is 0 Å². The van der Waals surface area contributed by atoms with Crippen LogP contribution in [0.2, 0.25) is 0 Å². The van der Waals surface area contributed by atoms with Crippen LogP contribution < -0.4 is 5.32 Å². The molecular weight excluding hydrogens is 326 g/mol. The van der Waals surface area contributed by atoms with Crippen LogP contribution in [-0.2, 0) is 13.1 Å². The van der Waals surface area contributed by atoms with Gasteiger partial charge in [-0.25, -0.2) is 4.68 Å². The van der Waals surface area contributed by atoms with Gasteiger partial charge in [0, 0.05) is 18.9 Å². The number of amides is 1. The number of carbonyl (C=O) groups is 1. The Kier molecular flexibility index (Phi) is 4.38. The third-order valence-corrected chi connectivity index (χ3v) is 4.16. The summed E-state index contributed by atoms with van der Waals surface area (Å²) in [4.78, 5) is 16.3. The molecular formula is C20H17N5O. The molecule has 0 fully saturated rings. The molecule has 0 spiro atoms. The molecule has 0 aliphatic rings. The number of nitrogens with zero attached hydrogens (tertiary/aromatic N) is 4. The number of fused-ring (bicyclic) bond motifs is 1. The van der Waals surface area contributed by atoms with Crippen molar-refractivity contribution in [2.45, 2.75) is 13.1 Å². The van der Waals surface area contributed by atoms with Gasteiger partial charge in [-0.3, -0.25) is 9.78 Å². The summed E-state index contributed by atoms with van der Waals surface area (Å²) in [7, 11) is 0. The van der Waals surface area contributed by atoms with E-state index in [1.165, 1.54) is 10.8 Å². The standard InChI is InChI=1S/C20H17N5O/c26-20(22-12-15-5-4-10-21-11-15)19-14-25(24-23-19)13-17-8-3-7-16-6-1-2-9-18(16)17/h1-11,14H,12-13H2,(H,22,26). The average Bonchev–Trinajstić information content (AvgIpc) is 3.16. The summed E-state index contributed by atoms with van der Waals surface area (Å²) in [5.41, 5.74) is 2.37. The van der Waals surface area contributed by atoms with Gasteiger partial charge in [-0.05, 0) is 28.0 Å². The monoisotopic (exact) mass is 343 g/mol. The fourth-order valence-electron chi connectivity index (χ4n) is 2.86. The van der Waals surface area contributed by atoms with E-state index in [0.29, 0.717) is 18.8 Å². The molecule has 1 N–H and O–H groups in total. The minimum absolute atomic E-state index is 0.252. The molecule has 4 rings (SSSR count). The van der Waals surface area contributed by atoms with Crippen molar-refractivity contribution >= 4 is 16.7 Å². The Labute approximate surface area is 150 Å². The summed E-state index contributed by atoms with van der Waals surface area (Å²) in [5.74, 6) is -0.252. The number of benzene rings is 2. The Morgan fingerprint density at radius 3 is 2.81 bits per heavy atom. The van der Waals surface area contributed by atoms with Crippen LogP contribution in [-0.4, -0.2) is 25.9 Å². The van der Waals surface area contributed by atoms with Crippen LogP contribution in [0.4, 0.5) is 0 Å². The number of nitrogens with one attached hydrogen (secondary N) is 1. The van der Waals surface area contributed by atoms with E-state index in [9.17, 15) is 4.79 Å². The van der Waals surface area contributed by atoms with Crippen molar-refractivity contribution in [1.82, 2.24) is 25.3 Å². The second-order valence-corrected chi connectivity index (χ2v) is 5.98. The number of rotatable bonds is 5. The van der Waals surface area contributed by atoms with E-state index in [4.69, 9.17) is 0 Å². The smallest absolute Gasteiger partial charge is 0.273 e. The fraction of sp³-hybridized carbons (Fsp3) is 0.100. The lowest BCUT2D eigenvalue weighted by Gasteiger charge is -2.06. The topological polar surface area (TPSA) is 72.7 Å². The normalized spacial score (nSPS) is 10.8. The number of aromatic nitrogens is 4. The maximum atomic E-state index is 12.2. The quantitative estimate of drug-likeness (QED) is 0.605. The maximum absolute atomic E-state index is 12.2. The number of hydrogen-bond acceptors (Lipinski definition) is 4. The van der Waals surface area contributed by atoms with Crippen LogP contribution in [0.15, 0.2) is 73.2 Å². The summed E-state index contributed by atoms with van der Waals surface area (Å²) in [6, 6.07) is 18.1. The molecule has 6 heteroatoms. The van der Waals surface area contributed by atoms with Crippen LogP contribution in [0.1, 0.15) is 21.6 Å². The first-order valence-electron chi connectivity index (χ1n) is 8.33. The number of carbonyl (C=O) groups excluding carboxylic acids is 1. The average molecular weight is 343 g/mol. The van der Waals surface area contributed by atoms with E-state index >= 15 is 0 Å². The molecule has 6 nitrogen and oxygen atoms in total. The first-order valence-corrected chi connectivity index (χ1v) is 8.33. The lowest BCUT2D eigenvalue weighted by molar-refractivity contribution is 0.0946. The summed E-state index contributed by atoms with van der Waals surface area (Å²) >= 11 is 0. The first kappa shape index (κ1) is 16.0. The molecule has 0 saturated carbocycles. The van der Waals surface area contributed by atoms with Crippen molar-refractivity contribution < 1.29 is 4.79 Å². The molecule has 4 aromatic rings. The Morgan fingerprint density at radius 2 is 1.92 bits per heavy atom.